The normalized spacial score (nSPS) is 24.1. The number of aromatic nitrogens is 1. The summed E-state index contributed by atoms with van der Waals surface area (Å²) in [6, 6.07) is 10.4. The fourth-order valence-electron chi connectivity index (χ4n) is 5.61. The van der Waals surface area contributed by atoms with Crippen molar-refractivity contribution in [2.24, 2.45) is 11.8 Å². The van der Waals surface area contributed by atoms with E-state index in [2.05, 4.69) is 5.16 Å². The van der Waals surface area contributed by atoms with Crippen LogP contribution in [-0.2, 0) is 21.8 Å². The molecule has 2 saturated heterocycles. The van der Waals surface area contributed by atoms with Crippen molar-refractivity contribution >= 4 is 5.91 Å². The van der Waals surface area contributed by atoms with Crippen molar-refractivity contribution in [3.8, 4) is 0 Å². The van der Waals surface area contributed by atoms with Gasteiger partial charge < -0.3 is 18.9 Å². The van der Waals surface area contributed by atoms with E-state index in [1.165, 1.54) is 19.3 Å². The molecule has 40 heavy (non-hydrogen) atoms. The molecule has 0 radical (unpaired) electrons. The summed E-state index contributed by atoms with van der Waals surface area (Å²) in [5.41, 5.74) is -1.15. The largest absolute Gasteiger partial charge is 0.416 e. The number of hydrogen-bond donors (Lipinski definition) is 0. The molecule has 2 fully saturated rings. The molecule has 6 nitrogen and oxygen atoms in total. The van der Waals surface area contributed by atoms with Gasteiger partial charge in [-0.15, -0.1) is 0 Å². The number of amides is 1. The highest BCUT2D eigenvalue weighted by atomic mass is 19.4. The van der Waals surface area contributed by atoms with Crippen molar-refractivity contribution in [1.29, 1.82) is 0 Å². The fraction of sp³-hybridized carbons (Fsp3) is 0.429. The zero-order valence-corrected chi connectivity index (χ0v) is 21.5. The predicted octanol–water partition coefficient (Wildman–Crippen LogP) is 6.63. The minimum absolute atomic E-state index is 0.0685. The second kappa shape index (κ2) is 10.5. The van der Waals surface area contributed by atoms with Gasteiger partial charge in [0, 0.05) is 31.0 Å². The number of hydrogen-bond acceptors (Lipinski definition) is 5. The average Bonchev–Trinajstić information content (AvgIpc) is 3.58. The van der Waals surface area contributed by atoms with Crippen LogP contribution in [0.3, 0.4) is 0 Å². The van der Waals surface area contributed by atoms with Gasteiger partial charge in [0.2, 0.25) is 0 Å². The van der Waals surface area contributed by atoms with Crippen molar-refractivity contribution in [2.75, 3.05) is 19.7 Å². The summed E-state index contributed by atoms with van der Waals surface area (Å²) in [6.07, 6.45) is -10.8. The molecule has 1 amide bonds. The Kier molecular flexibility index (Phi) is 7.43. The highest BCUT2D eigenvalue weighted by Gasteiger charge is 2.49. The first-order chi connectivity index (χ1) is 18.8. The zero-order valence-electron chi connectivity index (χ0n) is 21.5. The molecule has 2 aromatic carbocycles. The van der Waals surface area contributed by atoms with E-state index in [0.717, 1.165) is 11.1 Å². The number of fused-ring (bicyclic) bond motifs is 1. The van der Waals surface area contributed by atoms with Crippen molar-refractivity contribution in [3.05, 3.63) is 88.3 Å². The van der Waals surface area contributed by atoms with E-state index < -0.39 is 41.8 Å². The Morgan fingerprint density at radius 3 is 2.30 bits per heavy atom. The highest BCUT2D eigenvalue weighted by molar-refractivity contribution is 5.92. The van der Waals surface area contributed by atoms with Gasteiger partial charge in [-0.3, -0.25) is 4.79 Å². The summed E-state index contributed by atoms with van der Waals surface area (Å²) in [5.74, 6) is -0.956. The van der Waals surface area contributed by atoms with E-state index in [9.17, 15) is 31.1 Å². The molecule has 0 bridgehead atoms. The molecule has 5 rings (SSSR count). The monoisotopic (exact) mass is 568 g/mol. The molecule has 5 atom stereocenters. The molecule has 12 heteroatoms. The number of likely N-dealkylation sites (tertiary alicyclic amines) is 1. The third-order valence-electron chi connectivity index (χ3n) is 7.63. The van der Waals surface area contributed by atoms with Crippen LogP contribution < -0.4 is 0 Å². The Hall–Kier alpha value is -3.38. The predicted molar refractivity (Wildman–Crippen MR) is 129 cm³/mol. The van der Waals surface area contributed by atoms with Gasteiger partial charge in [0.05, 0.1) is 23.8 Å². The number of rotatable bonds is 5. The van der Waals surface area contributed by atoms with E-state index in [-0.39, 0.29) is 41.7 Å². The SMILES string of the molecule is Cc1ccccc1[C@@H]1[C@@H](O[C@H](C)c2cc(C(F)(F)F)cc(C(F)(F)F)c2)OC[C@@H]2CN(C(=O)c3ccon3)C[C@H]21. The summed E-state index contributed by atoms with van der Waals surface area (Å²) in [4.78, 5) is 14.6. The van der Waals surface area contributed by atoms with Crippen LogP contribution in [0.15, 0.2) is 59.3 Å². The Balaban J connectivity index is 1.46. The van der Waals surface area contributed by atoms with Crippen LogP contribution in [0.2, 0.25) is 0 Å². The van der Waals surface area contributed by atoms with Gasteiger partial charge in [-0.05, 0) is 54.7 Å². The quantitative estimate of drug-likeness (QED) is 0.324. The highest BCUT2D eigenvalue weighted by Crippen LogP contribution is 2.46. The molecule has 3 aromatic rings. The Bertz CT molecular complexity index is 1330. The molecule has 1 aromatic heterocycles. The molecule has 2 aliphatic heterocycles. The maximum Gasteiger partial charge on any atom is 0.416 e. The first-order valence-electron chi connectivity index (χ1n) is 12.6. The lowest BCUT2D eigenvalue weighted by Crippen LogP contribution is -2.42. The number of alkyl halides is 6. The topological polar surface area (TPSA) is 64.8 Å². The van der Waals surface area contributed by atoms with Crippen molar-refractivity contribution in [3.63, 3.8) is 0 Å². The van der Waals surface area contributed by atoms with E-state index >= 15 is 0 Å². The molecule has 214 valence electrons. The number of nitrogens with zero attached hydrogens (tertiary/aromatic N) is 2. The van der Waals surface area contributed by atoms with Crippen LogP contribution in [0, 0.1) is 18.8 Å². The van der Waals surface area contributed by atoms with Crippen LogP contribution in [0.25, 0.3) is 0 Å². The van der Waals surface area contributed by atoms with Crippen LogP contribution in [0.5, 0.6) is 0 Å². The van der Waals surface area contributed by atoms with Gasteiger partial charge in [-0.2, -0.15) is 26.3 Å². The minimum Gasteiger partial charge on any atom is -0.364 e. The minimum atomic E-state index is -4.97. The van der Waals surface area contributed by atoms with Crippen molar-refractivity contribution in [1.82, 2.24) is 10.1 Å². The first kappa shape index (κ1) is 28.2. The zero-order chi connectivity index (χ0) is 28.8. The van der Waals surface area contributed by atoms with Crippen LogP contribution in [-0.4, -0.2) is 42.0 Å². The summed E-state index contributed by atoms with van der Waals surface area (Å²) >= 11 is 0. The lowest BCUT2D eigenvalue weighted by atomic mass is 9.76. The summed E-state index contributed by atoms with van der Waals surface area (Å²) in [7, 11) is 0. The third-order valence-corrected chi connectivity index (χ3v) is 7.63. The smallest absolute Gasteiger partial charge is 0.364 e. The molecular weight excluding hydrogens is 542 g/mol. The Morgan fingerprint density at radius 2 is 1.70 bits per heavy atom. The van der Waals surface area contributed by atoms with E-state index in [1.807, 2.05) is 31.2 Å². The lowest BCUT2D eigenvalue weighted by molar-refractivity contribution is -0.217. The molecule has 0 unspecified atom stereocenters. The van der Waals surface area contributed by atoms with Crippen molar-refractivity contribution in [2.45, 2.75) is 44.5 Å². The third kappa shape index (κ3) is 5.60. The Labute approximate surface area is 225 Å². The number of carbonyl (C=O) groups excluding carboxylic acids is 1. The van der Waals surface area contributed by atoms with Crippen LogP contribution in [0.4, 0.5) is 26.3 Å². The summed E-state index contributed by atoms with van der Waals surface area (Å²) < 4.78 is 97.8. The maximum atomic E-state index is 13.5. The number of benzene rings is 2. The van der Waals surface area contributed by atoms with E-state index in [0.29, 0.717) is 25.2 Å². The molecule has 0 N–H and O–H groups in total. The van der Waals surface area contributed by atoms with Crippen LogP contribution >= 0.6 is 0 Å². The van der Waals surface area contributed by atoms with Gasteiger partial charge in [-0.1, -0.05) is 29.4 Å². The van der Waals surface area contributed by atoms with E-state index in [4.69, 9.17) is 14.0 Å². The van der Waals surface area contributed by atoms with Gasteiger partial charge >= 0.3 is 12.4 Å². The number of halogens is 6. The molecule has 0 spiro atoms. The van der Waals surface area contributed by atoms with Crippen molar-refractivity contribution < 1.29 is 45.1 Å². The van der Waals surface area contributed by atoms with Crippen LogP contribution in [0.1, 0.15) is 57.3 Å². The van der Waals surface area contributed by atoms with E-state index in [1.54, 1.807) is 4.90 Å². The molecule has 2 aliphatic rings. The Morgan fingerprint density at radius 1 is 1.02 bits per heavy atom. The van der Waals surface area contributed by atoms with Gasteiger partial charge in [0.15, 0.2) is 12.0 Å². The molecule has 0 aliphatic carbocycles. The standard InChI is InChI=1S/C28H26F6N2O4/c1-15-5-3-4-6-21(15)24-22-13-36(25(37)23-7-8-39-35-23)12-18(22)14-38-26(24)40-16(2)17-9-19(27(29,30)31)11-20(10-17)28(32,33)34/h3-11,16,18,22,24,26H,12-14H2,1-2H3/t16-,18+,22-,24+,26-/m1/s1. The van der Waals surface area contributed by atoms with Gasteiger partial charge in [0.1, 0.15) is 6.26 Å². The average molecular weight is 569 g/mol. The fourth-order valence-corrected chi connectivity index (χ4v) is 5.61. The van der Waals surface area contributed by atoms with Gasteiger partial charge in [-0.25, -0.2) is 0 Å². The number of carbonyl (C=O) groups is 1. The number of aryl methyl sites for hydroxylation is 1. The lowest BCUT2D eigenvalue weighted by Gasteiger charge is -2.41. The second-order valence-corrected chi connectivity index (χ2v) is 10.2. The molecule has 0 saturated carbocycles. The van der Waals surface area contributed by atoms with Gasteiger partial charge in [0.25, 0.3) is 5.91 Å². The first-order valence-corrected chi connectivity index (χ1v) is 12.6. The maximum absolute atomic E-state index is 13.5. The molecule has 3 heterocycles. The second-order valence-electron chi connectivity index (χ2n) is 10.2. The molecular formula is C28H26F6N2O4. The number of ether oxygens (including phenoxy) is 2. The summed E-state index contributed by atoms with van der Waals surface area (Å²) in [6.45, 7) is 4.23. The summed E-state index contributed by atoms with van der Waals surface area (Å²) in [5, 5.41) is 3.72.